The maximum absolute atomic E-state index is 12.5. The normalized spacial score (nSPS) is 23.8. The summed E-state index contributed by atoms with van der Waals surface area (Å²) < 4.78 is 5.22. The molecule has 1 aliphatic carbocycles. The Morgan fingerprint density at radius 1 is 1.07 bits per heavy atom. The number of hydrogen-bond acceptors (Lipinski definition) is 3. The van der Waals surface area contributed by atoms with E-state index in [9.17, 15) is 9.59 Å². The van der Waals surface area contributed by atoms with E-state index in [0.29, 0.717) is 0 Å². The molecule has 1 aromatic carbocycles. The average Bonchev–Trinajstić information content (AvgIpc) is 2.75. The summed E-state index contributed by atoms with van der Waals surface area (Å²) >= 11 is 0. The van der Waals surface area contributed by atoms with E-state index in [1.807, 2.05) is 19.1 Å². The Hall–Kier alpha value is -2.12. The van der Waals surface area contributed by atoms with Crippen LogP contribution in [-0.4, -0.2) is 57.3 Å². The molecule has 0 spiro atoms. The van der Waals surface area contributed by atoms with Crippen LogP contribution < -0.4 is 25.2 Å². The van der Waals surface area contributed by atoms with E-state index in [1.165, 1.54) is 21.8 Å². The Bertz CT molecular complexity index is 665. The summed E-state index contributed by atoms with van der Waals surface area (Å²) in [4.78, 5) is 27.4. The number of quaternary nitrogens is 2. The molecular weight excluding hydrogens is 368 g/mol. The van der Waals surface area contributed by atoms with Gasteiger partial charge < -0.3 is 19.9 Å². The van der Waals surface area contributed by atoms with Gasteiger partial charge in [-0.05, 0) is 44.0 Å². The molecule has 1 atom stereocenters. The molecule has 7 nitrogen and oxygen atoms in total. The van der Waals surface area contributed by atoms with Crippen molar-refractivity contribution in [3.05, 3.63) is 29.8 Å². The number of methoxy groups -OCH3 is 1. The lowest BCUT2D eigenvalue weighted by atomic mass is 9.96. The van der Waals surface area contributed by atoms with Crippen LogP contribution in [0.1, 0.15) is 44.6 Å². The highest BCUT2D eigenvalue weighted by atomic mass is 16.5. The molecule has 1 heterocycles. The van der Waals surface area contributed by atoms with Crippen LogP contribution in [0.5, 0.6) is 5.75 Å². The van der Waals surface area contributed by atoms with E-state index in [4.69, 9.17) is 4.74 Å². The van der Waals surface area contributed by atoms with Crippen LogP contribution in [0.15, 0.2) is 24.3 Å². The Morgan fingerprint density at radius 2 is 1.72 bits per heavy atom. The van der Waals surface area contributed by atoms with Gasteiger partial charge in [-0.1, -0.05) is 19.3 Å². The number of ether oxygens (including phenoxy) is 1. The quantitative estimate of drug-likeness (QED) is 0.518. The lowest BCUT2D eigenvalue weighted by Crippen LogP contribution is -3.29. The summed E-state index contributed by atoms with van der Waals surface area (Å²) in [6.07, 6.45) is 5.58. The molecule has 4 N–H and O–H groups in total. The SMILES string of the molecule is COc1ccc(C[NH+]2CC[NH+]([C@@H](C)C(=O)NC(=O)NC3CCCCC3)CC2)cc1. The molecule has 0 unspecified atom stereocenters. The van der Waals surface area contributed by atoms with Gasteiger partial charge in [-0.25, -0.2) is 4.79 Å². The standard InChI is InChI=1S/C22H34N4O3/c1-17(21(27)24-22(28)23-19-6-4-3-5-7-19)26-14-12-25(13-15-26)16-18-8-10-20(29-2)11-9-18/h8-11,17,19H,3-7,12-16H2,1-2H3,(H2,23,24,27,28)/p+2/t17-/m0/s1. The second kappa shape index (κ2) is 10.6. The summed E-state index contributed by atoms with van der Waals surface area (Å²) in [6.45, 7) is 6.82. The van der Waals surface area contributed by atoms with Crippen molar-refractivity contribution in [3.63, 3.8) is 0 Å². The monoisotopic (exact) mass is 404 g/mol. The third kappa shape index (κ3) is 6.44. The summed E-state index contributed by atoms with van der Waals surface area (Å²) in [5, 5.41) is 5.51. The summed E-state index contributed by atoms with van der Waals surface area (Å²) in [5.74, 6) is 0.706. The van der Waals surface area contributed by atoms with Gasteiger partial charge in [0.25, 0.3) is 5.91 Å². The number of imide groups is 1. The first-order valence-electron chi connectivity index (χ1n) is 11.0. The van der Waals surface area contributed by atoms with Gasteiger partial charge in [-0.2, -0.15) is 0 Å². The van der Waals surface area contributed by atoms with Crippen LogP contribution in [-0.2, 0) is 11.3 Å². The molecule has 2 fully saturated rings. The number of carbonyl (C=O) groups excluding carboxylic acids is 2. The van der Waals surface area contributed by atoms with Crippen molar-refractivity contribution >= 4 is 11.9 Å². The van der Waals surface area contributed by atoms with Crippen molar-refractivity contribution in [2.45, 2.75) is 57.7 Å². The van der Waals surface area contributed by atoms with Gasteiger partial charge >= 0.3 is 6.03 Å². The fourth-order valence-corrected chi connectivity index (χ4v) is 4.44. The van der Waals surface area contributed by atoms with Crippen LogP contribution >= 0.6 is 0 Å². The topological polar surface area (TPSA) is 76.3 Å². The fourth-order valence-electron chi connectivity index (χ4n) is 4.44. The van der Waals surface area contributed by atoms with Gasteiger partial charge in [-0.15, -0.1) is 0 Å². The van der Waals surface area contributed by atoms with Gasteiger partial charge in [0, 0.05) is 11.6 Å². The molecule has 2 aliphatic rings. The molecule has 7 heteroatoms. The Balaban J connectivity index is 1.39. The summed E-state index contributed by atoms with van der Waals surface area (Å²) in [6, 6.07) is 7.90. The number of benzene rings is 1. The number of piperazine rings is 1. The minimum Gasteiger partial charge on any atom is -0.497 e. The maximum Gasteiger partial charge on any atom is 0.321 e. The number of urea groups is 1. The molecule has 1 saturated carbocycles. The summed E-state index contributed by atoms with van der Waals surface area (Å²) in [5.41, 5.74) is 1.30. The second-order valence-corrected chi connectivity index (χ2v) is 8.45. The molecule has 160 valence electrons. The smallest absolute Gasteiger partial charge is 0.321 e. The first-order valence-corrected chi connectivity index (χ1v) is 11.0. The van der Waals surface area contributed by atoms with E-state index in [1.54, 1.807) is 7.11 Å². The Kier molecular flexibility index (Phi) is 7.89. The number of hydrogen-bond donors (Lipinski definition) is 4. The second-order valence-electron chi connectivity index (χ2n) is 8.45. The molecule has 0 aromatic heterocycles. The van der Waals surface area contributed by atoms with Crippen molar-refractivity contribution in [1.82, 2.24) is 10.6 Å². The first kappa shape index (κ1) is 21.6. The number of nitrogens with one attached hydrogen (secondary N) is 4. The molecule has 1 aromatic rings. The molecule has 1 aliphatic heterocycles. The van der Waals surface area contributed by atoms with Crippen LogP contribution in [0.4, 0.5) is 4.79 Å². The predicted molar refractivity (Wildman–Crippen MR) is 111 cm³/mol. The first-order chi connectivity index (χ1) is 14.0. The third-order valence-corrected chi connectivity index (χ3v) is 6.40. The summed E-state index contributed by atoms with van der Waals surface area (Å²) in [7, 11) is 1.68. The maximum atomic E-state index is 12.5. The van der Waals surface area contributed by atoms with E-state index in [-0.39, 0.29) is 24.0 Å². The lowest BCUT2D eigenvalue weighted by Gasteiger charge is -2.32. The van der Waals surface area contributed by atoms with Crippen molar-refractivity contribution < 1.29 is 24.1 Å². The molecular formula is C22H36N4O3+2. The van der Waals surface area contributed by atoms with Crippen molar-refractivity contribution in [3.8, 4) is 5.75 Å². The van der Waals surface area contributed by atoms with Gasteiger partial charge in [0.1, 0.15) is 38.5 Å². The zero-order valence-corrected chi connectivity index (χ0v) is 17.8. The highest BCUT2D eigenvalue weighted by Crippen LogP contribution is 2.17. The van der Waals surface area contributed by atoms with Crippen molar-refractivity contribution in [1.29, 1.82) is 0 Å². The fraction of sp³-hybridized carbons (Fsp3) is 0.636. The highest BCUT2D eigenvalue weighted by molar-refractivity contribution is 5.96. The molecule has 0 radical (unpaired) electrons. The van der Waals surface area contributed by atoms with E-state index in [0.717, 1.165) is 64.2 Å². The minimum absolute atomic E-state index is 0.174. The highest BCUT2D eigenvalue weighted by Gasteiger charge is 2.32. The van der Waals surface area contributed by atoms with Crippen LogP contribution in [0, 0.1) is 0 Å². The molecule has 0 bridgehead atoms. The lowest BCUT2D eigenvalue weighted by molar-refractivity contribution is -1.02. The van der Waals surface area contributed by atoms with E-state index in [2.05, 4.69) is 22.8 Å². The van der Waals surface area contributed by atoms with E-state index >= 15 is 0 Å². The molecule has 3 amide bonds. The molecule has 1 saturated heterocycles. The largest absolute Gasteiger partial charge is 0.497 e. The number of carbonyl (C=O) groups is 2. The zero-order valence-electron chi connectivity index (χ0n) is 17.8. The van der Waals surface area contributed by atoms with Gasteiger partial charge in [0.05, 0.1) is 7.11 Å². The van der Waals surface area contributed by atoms with Crippen LogP contribution in [0.25, 0.3) is 0 Å². The van der Waals surface area contributed by atoms with Gasteiger partial charge in [0.15, 0.2) is 6.04 Å². The zero-order chi connectivity index (χ0) is 20.6. The number of rotatable bonds is 6. The number of amides is 3. The Labute approximate surface area is 173 Å². The van der Waals surface area contributed by atoms with Crippen molar-refractivity contribution in [2.75, 3.05) is 33.3 Å². The molecule has 3 rings (SSSR count). The van der Waals surface area contributed by atoms with E-state index < -0.39 is 0 Å². The van der Waals surface area contributed by atoms with Crippen LogP contribution in [0.2, 0.25) is 0 Å². The average molecular weight is 405 g/mol. The van der Waals surface area contributed by atoms with Gasteiger partial charge in [0.2, 0.25) is 0 Å². The van der Waals surface area contributed by atoms with Crippen LogP contribution in [0.3, 0.4) is 0 Å². The minimum atomic E-state index is -0.336. The Morgan fingerprint density at radius 3 is 2.34 bits per heavy atom. The third-order valence-electron chi connectivity index (χ3n) is 6.40. The molecule has 29 heavy (non-hydrogen) atoms. The van der Waals surface area contributed by atoms with Crippen molar-refractivity contribution in [2.24, 2.45) is 0 Å². The van der Waals surface area contributed by atoms with Gasteiger partial charge in [-0.3, -0.25) is 10.1 Å². The predicted octanol–water partition coefficient (Wildman–Crippen LogP) is -0.474.